The molecule has 0 aliphatic carbocycles. The SMILES string of the molecule is CCCCCCCCCCCCCCCCCCNC(=O)[C@@H](NC(=O)CCC(=O)O)C(C)C. The molecule has 0 heterocycles. The van der Waals surface area contributed by atoms with Gasteiger partial charge in [0.25, 0.3) is 0 Å². The summed E-state index contributed by atoms with van der Waals surface area (Å²) in [5.41, 5.74) is 0. The number of aliphatic carboxylic acids is 1. The van der Waals surface area contributed by atoms with E-state index in [-0.39, 0.29) is 24.7 Å². The van der Waals surface area contributed by atoms with Crippen molar-refractivity contribution in [2.24, 2.45) is 5.92 Å². The van der Waals surface area contributed by atoms with Crippen LogP contribution in [-0.2, 0) is 14.4 Å². The van der Waals surface area contributed by atoms with Crippen LogP contribution >= 0.6 is 0 Å². The number of unbranched alkanes of at least 4 members (excludes halogenated alkanes) is 15. The predicted octanol–water partition coefficient (Wildman–Crippen LogP) is 6.37. The first kappa shape index (κ1) is 31.4. The molecule has 2 amide bonds. The lowest BCUT2D eigenvalue weighted by molar-refractivity contribution is -0.139. The van der Waals surface area contributed by atoms with E-state index in [4.69, 9.17) is 5.11 Å². The van der Waals surface area contributed by atoms with E-state index < -0.39 is 17.9 Å². The highest BCUT2D eigenvalue weighted by atomic mass is 16.4. The fourth-order valence-electron chi connectivity index (χ4n) is 4.00. The molecule has 0 aromatic carbocycles. The largest absolute Gasteiger partial charge is 0.481 e. The maximum Gasteiger partial charge on any atom is 0.303 e. The number of hydrogen-bond donors (Lipinski definition) is 3. The van der Waals surface area contributed by atoms with Gasteiger partial charge in [0.1, 0.15) is 6.04 Å². The minimum Gasteiger partial charge on any atom is -0.481 e. The van der Waals surface area contributed by atoms with Gasteiger partial charge < -0.3 is 15.7 Å². The Hall–Kier alpha value is -1.59. The molecule has 1 atom stereocenters. The highest BCUT2D eigenvalue weighted by Crippen LogP contribution is 2.13. The van der Waals surface area contributed by atoms with E-state index >= 15 is 0 Å². The molecule has 0 bridgehead atoms. The number of hydrogen-bond acceptors (Lipinski definition) is 3. The van der Waals surface area contributed by atoms with Gasteiger partial charge in [0.2, 0.25) is 11.8 Å². The van der Waals surface area contributed by atoms with Crippen molar-refractivity contribution in [3.8, 4) is 0 Å². The molecule has 33 heavy (non-hydrogen) atoms. The van der Waals surface area contributed by atoms with Crippen LogP contribution in [0.4, 0.5) is 0 Å². The van der Waals surface area contributed by atoms with E-state index in [0.717, 1.165) is 12.8 Å². The van der Waals surface area contributed by atoms with Gasteiger partial charge in [0.05, 0.1) is 6.42 Å². The zero-order valence-corrected chi connectivity index (χ0v) is 21.8. The Bertz CT molecular complexity index is 508. The van der Waals surface area contributed by atoms with Crippen molar-refractivity contribution in [1.29, 1.82) is 0 Å². The Morgan fingerprint density at radius 3 is 1.48 bits per heavy atom. The standard InChI is InChI=1S/C27H52N2O4/c1-4-5-6-7-8-9-10-11-12-13-14-15-16-17-18-19-22-28-27(33)26(23(2)3)29-24(30)20-21-25(31)32/h23,26H,4-22H2,1-3H3,(H,28,33)(H,29,30)(H,31,32)/t26-/m0/s1. The summed E-state index contributed by atoms with van der Waals surface area (Å²) < 4.78 is 0. The van der Waals surface area contributed by atoms with Crippen molar-refractivity contribution in [3.05, 3.63) is 0 Å². The molecule has 0 saturated heterocycles. The molecule has 0 radical (unpaired) electrons. The summed E-state index contributed by atoms with van der Waals surface area (Å²) in [6, 6.07) is -0.618. The summed E-state index contributed by atoms with van der Waals surface area (Å²) in [4.78, 5) is 34.8. The smallest absolute Gasteiger partial charge is 0.303 e. The molecule has 0 aliphatic heterocycles. The van der Waals surface area contributed by atoms with E-state index in [1.807, 2.05) is 13.8 Å². The number of amides is 2. The molecule has 0 saturated carbocycles. The third kappa shape index (κ3) is 20.7. The van der Waals surface area contributed by atoms with Crippen LogP contribution < -0.4 is 10.6 Å². The van der Waals surface area contributed by atoms with Gasteiger partial charge in [-0.3, -0.25) is 14.4 Å². The normalized spacial score (nSPS) is 12.0. The second-order valence-corrected chi connectivity index (χ2v) is 9.78. The number of carboxylic acid groups (broad SMARTS) is 1. The molecule has 0 fully saturated rings. The fourth-order valence-corrected chi connectivity index (χ4v) is 4.00. The average molecular weight is 469 g/mol. The van der Waals surface area contributed by atoms with Crippen LogP contribution in [0.3, 0.4) is 0 Å². The van der Waals surface area contributed by atoms with E-state index in [0.29, 0.717) is 6.54 Å². The van der Waals surface area contributed by atoms with Crippen LogP contribution in [0.15, 0.2) is 0 Å². The maximum absolute atomic E-state index is 12.4. The number of carbonyl (C=O) groups excluding carboxylic acids is 2. The van der Waals surface area contributed by atoms with Gasteiger partial charge in [-0.25, -0.2) is 0 Å². The Kier molecular flexibility index (Phi) is 21.1. The summed E-state index contributed by atoms with van der Waals surface area (Å²) in [6.07, 6.45) is 20.8. The summed E-state index contributed by atoms with van der Waals surface area (Å²) in [7, 11) is 0. The molecule has 0 spiro atoms. The second-order valence-electron chi connectivity index (χ2n) is 9.78. The molecule has 0 unspecified atom stereocenters. The highest BCUT2D eigenvalue weighted by Gasteiger charge is 2.23. The first-order valence-corrected chi connectivity index (χ1v) is 13.7. The number of nitrogens with one attached hydrogen (secondary N) is 2. The van der Waals surface area contributed by atoms with Crippen molar-refractivity contribution in [1.82, 2.24) is 10.6 Å². The predicted molar refractivity (Wildman–Crippen MR) is 136 cm³/mol. The molecule has 3 N–H and O–H groups in total. The Balaban J connectivity index is 3.59. The highest BCUT2D eigenvalue weighted by molar-refractivity contribution is 5.88. The molecule has 194 valence electrons. The number of carboxylic acids is 1. The molecule has 0 aromatic rings. The van der Waals surface area contributed by atoms with Gasteiger partial charge in [0, 0.05) is 13.0 Å². The van der Waals surface area contributed by atoms with Gasteiger partial charge in [-0.1, -0.05) is 117 Å². The minimum atomic E-state index is -1.01. The quantitative estimate of drug-likeness (QED) is 0.152. The monoisotopic (exact) mass is 468 g/mol. The summed E-state index contributed by atoms with van der Waals surface area (Å²) in [6.45, 7) is 6.63. The van der Waals surface area contributed by atoms with Gasteiger partial charge in [-0.2, -0.15) is 0 Å². The zero-order chi connectivity index (χ0) is 24.7. The summed E-state index contributed by atoms with van der Waals surface area (Å²) in [5, 5.41) is 14.2. The van der Waals surface area contributed by atoms with Crippen LogP contribution in [0.1, 0.15) is 136 Å². The topological polar surface area (TPSA) is 95.5 Å². The first-order valence-electron chi connectivity index (χ1n) is 13.7. The van der Waals surface area contributed by atoms with Gasteiger partial charge in [-0.05, 0) is 12.3 Å². The first-order chi connectivity index (χ1) is 15.9. The lowest BCUT2D eigenvalue weighted by Crippen LogP contribution is -2.49. The van der Waals surface area contributed by atoms with Gasteiger partial charge in [0.15, 0.2) is 0 Å². The second kappa shape index (κ2) is 22.2. The van der Waals surface area contributed by atoms with E-state index in [1.54, 1.807) is 0 Å². The molecular formula is C27H52N2O4. The lowest BCUT2D eigenvalue weighted by atomic mass is 10.0. The lowest BCUT2D eigenvalue weighted by Gasteiger charge is -2.21. The van der Waals surface area contributed by atoms with Crippen molar-refractivity contribution in [3.63, 3.8) is 0 Å². The molecule has 6 heteroatoms. The van der Waals surface area contributed by atoms with Crippen molar-refractivity contribution < 1.29 is 19.5 Å². The third-order valence-corrected chi connectivity index (χ3v) is 6.16. The maximum atomic E-state index is 12.4. The van der Waals surface area contributed by atoms with Crippen molar-refractivity contribution in [2.75, 3.05) is 6.54 Å². The average Bonchev–Trinajstić information content (AvgIpc) is 2.77. The van der Waals surface area contributed by atoms with Crippen molar-refractivity contribution >= 4 is 17.8 Å². The summed E-state index contributed by atoms with van der Waals surface area (Å²) in [5.74, 6) is -1.65. The number of carbonyl (C=O) groups is 3. The molecule has 0 aliphatic rings. The van der Waals surface area contributed by atoms with Crippen molar-refractivity contribution in [2.45, 2.75) is 142 Å². The Morgan fingerprint density at radius 1 is 0.667 bits per heavy atom. The van der Waals surface area contributed by atoms with Gasteiger partial charge >= 0.3 is 5.97 Å². The van der Waals surface area contributed by atoms with Crippen LogP contribution in [0.5, 0.6) is 0 Å². The van der Waals surface area contributed by atoms with E-state index in [2.05, 4.69) is 17.6 Å². The minimum absolute atomic E-state index is 0.0513. The Morgan fingerprint density at radius 2 is 1.09 bits per heavy atom. The van der Waals surface area contributed by atoms with Gasteiger partial charge in [-0.15, -0.1) is 0 Å². The number of rotatable bonds is 23. The Labute approximate surface area is 203 Å². The summed E-state index contributed by atoms with van der Waals surface area (Å²) >= 11 is 0. The third-order valence-electron chi connectivity index (χ3n) is 6.16. The van der Waals surface area contributed by atoms with Crippen LogP contribution in [0.25, 0.3) is 0 Å². The van der Waals surface area contributed by atoms with Crippen LogP contribution in [0, 0.1) is 5.92 Å². The van der Waals surface area contributed by atoms with Crippen LogP contribution in [-0.4, -0.2) is 35.5 Å². The molecule has 6 nitrogen and oxygen atoms in total. The molecule has 0 rings (SSSR count). The fraction of sp³-hybridized carbons (Fsp3) is 0.889. The molecular weight excluding hydrogens is 416 g/mol. The van der Waals surface area contributed by atoms with E-state index in [1.165, 1.54) is 89.9 Å². The molecule has 0 aromatic heterocycles. The van der Waals surface area contributed by atoms with Crippen LogP contribution in [0.2, 0.25) is 0 Å². The van der Waals surface area contributed by atoms with E-state index in [9.17, 15) is 14.4 Å². The zero-order valence-electron chi connectivity index (χ0n) is 21.8.